The number of fused-ring (bicyclic) bond motifs is 1. The number of hydrogen-bond acceptors (Lipinski definition) is 12. The SMILES string of the molecule is COCCOCCOCCOCCOCCOc1ccccc1N1N=C(C)c2c(Cl)cccc2C1NCc1ccc(OC)cc1OC.O=CO. The highest BCUT2D eigenvalue weighted by Crippen LogP contribution is 2.39. The summed E-state index contributed by atoms with van der Waals surface area (Å²) in [5, 5.41) is 18.2. The quantitative estimate of drug-likeness (QED) is 0.105. The third-order valence-corrected chi connectivity index (χ3v) is 7.64. The maximum absolute atomic E-state index is 8.36. The van der Waals surface area contributed by atoms with E-state index in [2.05, 4.69) is 11.4 Å². The molecule has 50 heavy (non-hydrogen) atoms. The van der Waals surface area contributed by atoms with Crippen molar-refractivity contribution in [2.45, 2.75) is 19.6 Å². The molecule has 1 aliphatic rings. The van der Waals surface area contributed by atoms with E-state index in [0.29, 0.717) is 83.4 Å². The molecule has 0 radical (unpaired) electrons. The predicted molar refractivity (Wildman–Crippen MR) is 191 cm³/mol. The van der Waals surface area contributed by atoms with Crippen LogP contribution in [-0.2, 0) is 35.0 Å². The fourth-order valence-electron chi connectivity index (χ4n) is 5.03. The summed E-state index contributed by atoms with van der Waals surface area (Å²) in [6.07, 6.45) is -0.343. The lowest BCUT2D eigenvalue weighted by Crippen LogP contribution is -2.39. The van der Waals surface area contributed by atoms with Crippen LogP contribution in [0.25, 0.3) is 0 Å². The van der Waals surface area contributed by atoms with Gasteiger partial charge < -0.3 is 43.0 Å². The van der Waals surface area contributed by atoms with Crippen molar-refractivity contribution in [3.05, 3.63) is 82.4 Å². The van der Waals surface area contributed by atoms with Gasteiger partial charge >= 0.3 is 0 Å². The Morgan fingerprint density at radius 3 is 2.04 bits per heavy atom. The van der Waals surface area contributed by atoms with Crippen molar-refractivity contribution in [1.82, 2.24) is 5.32 Å². The molecule has 14 heteroatoms. The molecule has 0 bridgehead atoms. The van der Waals surface area contributed by atoms with Gasteiger partial charge in [0.05, 0.1) is 84.4 Å². The molecule has 0 amide bonds. The van der Waals surface area contributed by atoms with Gasteiger partial charge in [-0.15, -0.1) is 0 Å². The van der Waals surface area contributed by atoms with Gasteiger partial charge in [0.15, 0.2) is 0 Å². The highest BCUT2D eigenvalue weighted by molar-refractivity contribution is 6.34. The van der Waals surface area contributed by atoms with Gasteiger partial charge in [0.2, 0.25) is 0 Å². The summed E-state index contributed by atoms with van der Waals surface area (Å²) in [5.74, 6) is 2.14. The number of benzene rings is 3. The van der Waals surface area contributed by atoms with Crippen molar-refractivity contribution >= 4 is 29.5 Å². The van der Waals surface area contributed by atoms with Crippen LogP contribution < -0.4 is 24.5 Å². The van der Waals surface area contributed by atoms with Crippen LogP contribution in [0.1, 0.15) is 29.8 Å². The van der Waals surface area contributed by atoms with E-state index >= 15 is 0 Å². The molecule has 1 aliphatic heterocycles. The van der Waals surface area contributed by atoms with Crippen molar-refractivity contribution in [3.63, 3.8) is 0 Å². The number of hydrogen-bond donors (Lipinski definition) is 2. The molecule has 1 atom stereocenters. The molecule has 0 spiro atoms. The standard InChI is InChI=1S/C35H46ClN3O8.CH2O2/c1-26-34-29(8-7-9-30(34)36)35(37-25-27-12-13-28(41-3)24-33(27)42-4)39(38-26)31-10-5-6-11-32(31)47-23-22-46-21-20-45-19-18-44-17-16-43-15-14-40-2;2-1-3/h5-13,24,35,37H,14-23,25H2,1-4H3;1H,(H,2,3). The summed E-state index contributed by atoms with van der Waals surface area (Å²) in [6.45, 7) is 7.14. The van der Waals surface area contributed by atoms with E-state index in [0.717, 1.165) is 39.6 Å². The lowest BCUT2D eigenvalue weighted by Gasteiger charge is -2.36. The second-order valence-corrected chi connectivity index (χ2v) is 11.0. The van der Waals surface area contributed by atoms with Crippen molar-refractivity contribution in [1.29, 1.82) is 0 Å². The number of hydrazone groups is 1. The average Bonchev–Trinajstić information content (AvgIpc) is 3.13. The van der Waals surface area contributed by atoms with Gasteiger partial charge in [-0.1, -0.05) is 41.9 Å². The molecular formula is C36H48ClN3O10. The second kappa shape index (κ2) is 23.5. The Hall–Kier alpha value is -3.95. The van der Waals surface area contributed by atoms with Crippen molar-refractivity contribution in [2.24, 2.45) is 5.10 Å². The van der Waals surface area contributed by atoms with Crippen molar-refractivity contribution in [2.75, 3.05) is 92.4 Å². The van der Waals surface area contributed by atoms with Gasteiger partial charge in [0.1, 0.15) is 35.7 Å². The number of para-hydroxylation sites is 2. The smallest absolute Gasteiger partial charge is 0.290 e. The van der Waals surface area contributed by atoms with Crippen LogP contribution >= 0.6 is 11.6 Å². The molecule has 0 fully saturated rings. The number of nitrogens with zero attached hydrogens (tertiary/aromatic N) is 2. The Kier molecular flexibility index (Phi) is 19.0. The van der Waals surface area contributed by atoms with Gasteiger partial charge in [0.25, 0.3) is 6.47 Å². The molecule has 3 aromatic rings. The molecule has 274 valence electrons. The summed E-state index contributed by atoms with van der Waals surface area (Å²) in [5.41, 5.74) is 4.52. The summed E-state index contributed by atoms with van der Waals surface area (Å²) >= 11 is 6.68. The lowest BCUT2D eigenvalue weighted by molar-refractivity contribution is -0.122. The Morgan fingerprint density at radius 2 is 1.42 bits per heavy atom. The van der Waals surface area contributed by atoms with Crippen LogP contribution in [-0.4, -0.2) is 105 Å². The first-order valence-corrected chi connectivity index (χ1v) is 16.5. The van der Waals surface area contributed by atoms with E-state index in [1.807, 2.05) is 66.5 Å². The number of ether oxygens (including phenoxy) is 8. The van der Waals surface area contributed by atoms with Crippen LogP contribution in [0.2, 0.25) is 5.02 Å². The Bertz CT molecular complexity index is 1460. The molecule has 1 heterocycles. The molecule has 0 aromatic heterocycles. The average molecular weight is 718 g/mol. The van der Waals surface area contributed by atoms with Crippen LogP contribution in [0.3, 0.4) is 0 Å². The molecule has 0 saturated carbocycles. The van der Waals surface area contributed by atoms with Crippen molar-refractivity contribution < 1.29 is 47.8 Å². The zero-order valence-electron chi connectivity index (χ0n) is 29.1. The van der Waals surface area contributed by atoms with Gasteiger partial charge in [-0.2, -0.15) is 5.10 Å². The number of carbonyl (C=O) groups is 1. The molecule has 0 aliphatic carbocycles. The van der Waals surface area contributed by atoms with E-state index in [-0.39, 0.29) is 12.6 Å². The van der Waals surface area contributed by atoms with E-state index < -0.39 is 0 Å². The summed E-state index contributed by atoms with van der Waals surface area (Å²) in [7, 11) is 4.93. The largest absolute Gasteiger partial charge is 0.497 e. The molecule has 0 saturated heterocycles. The van der Waals surface area contributed by atoms with Crippen LogP contribution in [0.5, 0.6) is 17.2 Å². The molecule has 13 nitrogen and oxygen atoms in total. The van der Waals surface area contributed by atoms with Crippen LogP contribution in [0, 0.1) is 0 Å². The van der Waals surface area contributed by atoms with Gasteiger partial charge in [0, 0.05) is 36.4 Å². The molecular weight excluding hydrogens is 670 g/mol. The topological polar surface area (TPSA) is 139 Å². The minimum atomic E-state index is -0.343. The number of rotatable bonds is 22. The monoisotopic (exact) mass is 717 g/mol. The first-order chi connectivity index (χ1) is 24.5. The highest BCUT2D eigenvalue weighted by Gasteiger charge is 2.31. The summed E-state index contributed by atoms with van der Waals surface area (Å²) in [4.78, 5) is 8.36. The maximum Gasteiger partial charge on any atom is 0.290 e. The molecule has 2 N–H and O–H groups in total. The van der Waals surface area contributed by atoms with Gasteiger partial charge in [-0.25, -0.2) is 5.01 Å². The zero-order valence-corrected chi connectivity index (χ0v) is 29.9. The van der Waals surface area contributed by atoms with Crippen LogP contribution in [0.15, 0.2) is 65.8 Å². The minimum absolute atomic E-state index is 0.250. The fraction of sp³-hybridized carbons (Fsp3) is 0.444. The first-order valence-electron chi connectivity index (χ1n) is 16.2. The van der Waals surface area contributed by atoms with E-state index in [4.69, 9.17) is 64.5 Å². The van der Waals surface area contributed by atoms with E-state index in [1.165, 1.54) is 0 Å². The summed E-state index contributed by atoms with van der Waals surface area (Å²) < 4.78 is 44.3. The summed E-state index contributed by atoms with van der Waals surface area (Å²) in [6, 6.07) is 19.5. The second-order valence-electron chi connectivity index (χ2n) is 10.6. The highest BCUT2D eigenvalue weighted by atomic mass is 35.5. The third kappa shape index (κ3) is 12.7. The maximum atomic E-state index is 8.36. The zero-order chi connectivity index (χ0) is 36.0. The van der Waals surface area contributed by atoms with Crippen LogP contribution in [0.4, 0.5) is 5.69 Å². The molecule has 3 aromatic carbocycles. The number of methoxy groups -OCH3 is 3. The minimum Gasteiger partial charge on any atom is -0.497 e. The fourth-order valence-corrected chi connectivity index (χ4v) is 5.35. The van der Waals surface area contributed by atoms with Crippen molar-refractivity contribution in [3.8, 4) is 17.2 Å². The Morgan fingerprint density at radius 1 is 0.800 bits per heavy atom. The Labute approximate surface area is 298 Å². The predicted octanol–water partition coefficient (Wildman–Crippen LogP) is 5.18. The normalized spacial score (nSPS) is 13.5. The first kappa shape index (κ1) is 40.5. The lowest BCUT2D eigenvalue weighted by atomic mass is 9.98. The van der Waals surface area contributed by atoms with Gasteiger partial charge in [-0.3, -0.25) is 10.1 Å². The third-order valence-electron chi connectivity index (χ3n) is 7.33. The number of anilines is 1. The van der Waals surface area contributed by atoms with E-state index in [1.54, 1.807) is 21.3 Å². The number of carboxylic acid groups (broad SMARTS) is 1. The Balaban J connectivity index is 0.00000217. The van der Waals surface area contributed by atoms with E-state index in [9.17, 15) is 0 Å². The molecule has 4 rings (SSSR count). The number of nitrogens with one attached hydrogen (secondary N) is 1. The number of halogens is 1. The molecule has 1 unspecified atom stereocenters. The van der Waals surface area contributed by atoms with Gasteiger partial charge in [-0.05, 0) is 31.2 Å².